The number of hydrogen-bond acceptors (Lipinski definition) is 5. The van der Waals surface area contributed by atoms with Gasteiger partial charge in [-0.1, -0.05) is 146 Å². The average Bonchev–Trinajstić information content (AvgIpc) is 3.06. The van der Waals surface area contributed by atoms with Crippen molar-refractivity contribution in [2.75, 3.05) is 6.61 Å². The Morgan fingerprint density at radius 2 is 1.04 bits per heavy atom. The van der Waals surface area contributed by atoms with E-state index in [9.17, 15) is 25.2 Å². The van der Waals surface area contributed by atoms with Crippen LogP contribution >= 0.6 is 0 Å². The molecule has 0 heterocycles. The second-order valence-electron chi connectivity index (χ2n) is 12.9. The highest BCUT2D eigenvalue weighted by Crippen LogP contribution is 2.15. The molecule has 1 amide bonds. The van der Waals surface area contributed by atoms with E-state index in [1.54, 1.807) is 0 Å². The molecule has 0 fully saturated rings. The summed E-state index contributed by atoms with van der Waals surface area (Å²) in [6, 6.07) is -1.01. The van der Waals surface area contributed by atoms with Crippen LogP contribution in [0.5, 0.6) is 0 Å². The van der Waals surface area contributed by atoms with Crippen molar-refractivity contribution >= 4 is 5.91 Å². The third kappa shape index (κ3) is 28.5. The van der Waals surface area contributed by atoms with Crippen LogP contribution in [-0.4, -0.2) is 57.3 Å². The van der Waals surface area contributed by atoms with Crippen molar-refractivity contribution in [3.63, 3.8) is 0 Å². The smallest absolute Gasteiger partial charge is 0.249 e. The Morgan fingerprint density at radius 1 is 0.565 bits per heavy atom. The van der Waals surface area contributed by atoms with Gasteiger partial charge >= 0.3 is 0 Å². The number of aliphatic hydroxyl groups is 4. The minimum atomic E-state index is -1.29. The Hall–Kier alpha value is -1.73. The van der Waals surface area contributed by atoms with Gasteiger partial charge in [0.1, 0.15) is 12.2 Å². The van der Waals surface area contributed by atoms with E-state index in [0.717, 1.165) is 57.8 Å². The van der Waals surface area contributed by atoms with Gasteiger partial charge in [0.25, 0.3) is 0 Å². The van der Waals surface area contributed by atoms with E-state index in [1.165, 1.54) is 77.0 Å². The van der Waals surface area contributed by atoms with E-state index in [-0.39, 0.29) is 0 Å². The van der Waals surface area contributed by atoms with Gasteiger partial charge in [0.2, 0.25) is 5.91 Å². The van der Waals surface area contributed by atoms with Crippen molar-refractivity contribution < 1.29 is 25.2 Å². The maximum absolute atomic E-state index is 12.4. The van der Waals surface area contributed by atoms with Crippen molar-refractivity contribution in [1.82, 2.24) is 5.32 Å². The van der Waals surface area contributed by atoms with Gasteiger partial charge in [0.05, 0.1) is 18.8 Å². The minimum absolute atomic E-state index is 0.357. The maximum Gasteiger partial charge on any atom is 0.249 e. The number of rotatable bonds is 33. The Bertz CT molecular complexity index is 778. The van der Waals surface area contributed by atoms with Crippen LogP contribution in [0, 0.1) is 0 Å². The predicted molar refractivity (Wildman–Crippen MR) is 196 cm³/mol. The number of aliphatic hydroxyl groups excluding tert-OH is 4. The Labute approximate surface area is 283 Å². The first-order chi connectivity index (χ1) is 22.5. The minimum Gasteiger partial charge on any atom is -0.394 e. The first-order valence-corrected chi connectivity index (χ1v) is 19.0. The van der Waals surface area contributed by atoms with Gasteiger partial charge in [0, 0.05) is 0 Å². The molecule has 0 aliphatic heterocycles. The van der Waals surface area contributed by atoms with Crippen LogP contribution in [0.1, 0.15) is 168 Å². The lowest BCUT2D eigenvalue weighted by Gasteiger charge is -2.27. The van der Waals surface area contributed by atoms with Crippen molar-refractivity contribution in [3.8, 4) is 0 Å². The van der Waals surface area contributed by atoms with Gasteiger partial charge < -0.3 is 25.7 Å². The first-order valence-electron chi connectivity index (χ1n) is 19.0. The van der Waals surface area contributed by atoms with Gasteiger partial charge in [0.15, 0.2) is 0 Å². The molecular weight excluding hydrogens is 574 g/mol. The zero-order valence-electron chi connectivity index (χ0n) is 29.8. The molecule has 46 heavy (non-hydrogen) atoms. The van der Waals surface area contributed by atoms with E-state index in [2.05, 4.69) is 67.8 Å². The highest BCUT2D eigenvalue weighted by atomic mass is 16.3. The van der Waals surface area contributed by atoms with E-state index >= 15 is 0 Å². The predicted octanol–water partition coefficient (Wildman–Crippen LogP) is 9.17. The third-order valence-electron chi connectivity index (χ3n) is 8.48. The molecule has 0 aromatic rings. The zero-order chi connectivity index (χ0) is 33.9. The van der Waals surface area contributed by atoms with Crippen LogP contribution in [0.25, 0.3) is 0 Å². The summed E-state index contributed by atoms with van der Waals surface area (Å²) in [6.45, 7) is 3.83. The van der Waals surface area contributed by atoms with Gasteiger partial charge in [-0.25, -0.2) is 0 Å². The highest BCUT2D eigenvalue weighted by Gasteiger charge is 2.28. The number of nitrogens with one attached hydrogen (secondary N) is 1. The maximum atomic E-state index is 12.4. The molecule has 6 nitrogen and oxygen atoms in total. The van der Waals surface area contributed by atoms with Gasteiger partial charge in [-0.05, 0) is 70.6 Å². The monoisotopic (exact) mass is 648 g/mol. The summed E-state index contributed by atoms with van der Waals surface area (Å²) in [7, 11) is 0. The van der Waals surface area contributed by atoms with Crippen LogP contribution in [-0.2, 0) is 4.79 Å². The number of carbonyl (C=O) groups excluding carboxylic acids is 1. The van der Waals surface area contributed by atoms with Crippen LogP contribution in [0.3, 0.4) is 0 Å². The first kappa shape index (κ1) is 44.3. The molecule has 0 aliphatic carbocycles. The number of allylic oxidation sites excluding steroid dienone is 8. The SMILES string of the molecule is CC/C=C\C/C=C\CCCCCCCCCCCCCCCC(O)C(=O)NC(CO)C(O)C(O)CCC/C=C/CC/C=C/CCC. The summed E-state index contributed by atoms with van der Waals surface area (Å²) in [6.07, 6.45) is 40.0. The molecule has 0 spiro atoms. The quantitative estimate of drug-likeness (QED) is 0.0360. The number of hydrogen-bond donors (Lipinski definition) is 5. The van der Waals surface area contributed by atoms with Gasteiger partial charge in [-0.2, -0.15) is 0 Å². The van der Waals surface area contributed by atoms with Crippen molar-refractivity contribution in [2.45, 2.75) is 192 Å². The second-order valence-corrected chi connectivity index (χ2v) is 12.9. The lowest BCUT2D eigenvalue weighted by molar-refractivity contribution is -0.132. The number of unbranched alkanes of at least 4 members (excludes halogenated alkanes) is 16. The molecule has 6 heteroatoms. The molecule has 4 unspecified atom stereocenters. The van der Waals surface area contributed by atoms with Crippen LogP contribution in [0.15, 0.2) is 48.6 Å². The molecule has 0 rings (SSSR count). The van der Waals surface area contributed by atoms with E-state index in [0.29, 0.717) is 19.3 Å². The molecule has 0 saturated heterocycles. The van der Waals surface area contributed by atoms with E-state index in [1.807, 2.05) is 0 Å². The van der Waals surface area contributed by atoms with Gasteiger partial charge in [-0.15, -0.1) is 0 Å². The summed E-state index contributed by atoms with van der Waals surface area (Å²) in [5.41, 5.74) is 0. The summed E-state index contributed by atoms with van der Waals surface area (Å²) < 4.78 is 0. The Balaban J connectivity index is 3.78. The van der Waals surface area contributed by atoms with Gasteiger partial charge in [-0.3, -0.25) is 4.79 Å². The fourth-order valence-electron chi connectivity index (χ4n) is 5.46. The normalized spacial score (nSPS) is 15.0. The molecule has 0 saturated carbocycles. The van der Waals surface area contributed by atoms with Crippen molar-refractivity contribution in [3.05, 3.63) is 48.6 Å². The van der Waals surface area contributed by atoms with E-state index < -0.39 is 36.9 Å². The summed E-state index contributed by atoms with van der Waals surface area (Å²) in [5, 5.41) is 43.3. The molecule has 0 aromatic heterocycles. The van der Waals surface area contributed by atoms with Crippen molar-refractivity contribution in [2.24, 2.45) is 0 Å². The van der Waals surface area contributed by atoms with Crippen LogP contribution < -0.4 is 5.32 Å². The molecule has 5 N–H and O–H groups in total. The molecule has 268 valence electrons. The fraction of sp³-hybridized carbons (Fsp3) is 0.775. The zero-order valence-corrected chi connectivity index (χ0v) is 29.8. The van der Waals surface area contributed by atoms with E-state index in [4.69, 9.17) is 0 Å². The topological polar surface area (TPSA) is 110 Å². The fourth-order valence-corrected chi connectivity index (χ4v) is 5.46. The van der Waals surface area contributed by atoms with Crippen LogP contribution in [0.2, 0.25) is 0 Å². The summed E-state index contributed by atoms with van der Waals surface area (Å²) in [5.74, 6) is -0.603. The summed E-state index contributed by atoms with van der Waals surface area (Å²) in [4.78, 5) is 12.4. The second kappa shape index (κ2) is 34.6. The molecular formula is C40H73NO5. The largest absolute Gasteiger partial charge is 0.394 e. The van der Waals surface area contributed by atoms with Crippen LogP contribution in [0.4, 0.5) is 0 Å². The number of carbonyl (C=O) groups is 1. The highest BCUT2D eigenvalue weighted by molar-refractivity contribution is 5.80. The Kier molecular flexibility index (Phi) is 33.3. The lowest BCUT2D eigenvalue weighted by Crippen LogP contribution is -2.53. The average molecular weight is 648 g/mol. The van der Waals surface area contributed by atoms with Crippen molar-refractivity contribution in [1.29, 1.82) is 0 Å². The molecule has 0 bridgehead atoms. The molecule has 0 aromatic carbocycles. The lowest BCUT2D eigenvalue weighted by atomic mass is 10.00. The standard InChI is InChI=1S/C40H73NO5/c1-3-5-7-9-11-13-15-16-17-18-19-20-21-22-23-24-26-28-30-32-34-38(44)40(46)41-36(35-42)39(45)37(43)33-31-29-27-25-14-12-10-8-6-4-2/h5,7-8,10-11,13,25,27,36-39,42-45H,3-4,6,9,12,14-24,26,28-35H2,1-2H3,(H,41,46)/b7-5-,10-8+,13-11-,27-25+. The molecule has 0 aliphatic rings. The number of amides is 1. The Morgan fingerprint density at radius 3 is 1.61 bits per heavy atom. The third-order valence-corrected chi connectivity index (χ3v) is 8.48. The molecule has 0 radical (unpaired) electrons. The summed E-state index contributed by atoms with van der Waals surface area (Å²) >= 11 is 0. The molecule has 4 atom stereocenters.